The average Bonchev–Trinajstić information content (AvgIpc) is 3.71. The first-order valence-corrected chi connectivity index (χ1v) is 16.6. The summed E-state index contributed by atoms with van der Waals surface area (Å²) >= 11 is 0. The van der Waals surface area contributed by atoms with Gasteiger partial charge in [0, 0.05) is 30.4 Å². The summed E-state index contributed by atoms with van der Waals surface area (Å²) in [6.45, 7) is 5.75. The molecule has 0 aliphatic carbocycles. The van der Waals surface area contributed by atoms with Gasteiger partial charge in [-0.3, -0.25) is 9.69 Å². The molecule has 5 aromatic carbocycles. The zero-order valence-corrected chi connectivity index (χ0v) is 27.7. The minimum Gasteiger partial charge on any atom is -0.481 e. The Kier molecular flexibility index (Phi) is 9.14. The van der Waals surface area contributed by atoms with E-state index in [-0.39, 0.29) is 11.7 Å². The maximum Gasteiger partial charge on any atom is 0.309 e. The zero-order valence-electron chi connectivity index (χ0n) is 27.7. The highest BCUT2D eigenvalue weighted by molar-refractivity contribution is 5.83. The number of halogens is 1. The number of carbonyl (C=O) groups is 1. The van der Waals surface area contributed by atoms with Gasteiger partial charge in [0.2, 0.25) is 0 Å². The predicted octanol–water partition coefficient (Wildman–Crippen LogP) is 9.99. The van der Waals surface area contributed by atoms with Crippen LogP contribution >= 0.6 is 0 Å². The summed E-state index contributed by atoms with van der Waals surface area (Å²) in [4.78, 5) is 12.9. The van der Waals surface area contributed by atoms with Gasteiger partial charge >= 0.3 is 5.97 Å². The Labute approximate surface area is 285 Å². The van der Waals surface area contributed by atoms with Gasteiger partial charge in [0.15, 0.2) is 0 Å². The van der Waals surface area contributed by atoms with Gasteiger partial charge in [0.05, 0.1) is 17.7 Å². The summed E-state index contributed by atoms with van der Waals surface area (Å²) in [5.41, 5.74) is 10.6. The van der Waals surface area contributed by atoms with Crippen molar-refractivity contribution in [2.45, 2.75) is 33.2 Å². The molecule has 1 saturated heterocycles. The van der Waals surface area contributed by atoms with Gasteiger partial charge in [0.25, 0.3) is 0 Å². The van der Waals surface area contributed by atoms with Crippen molar-refractivity contribution in [3.63, 3.8) is 0 Å². The number of carboxylic acid groups (broad SMARTS) is 1. The zero-order chi connectivity index (χ0) is 33.9. The first kappa shape index (κ1) is 32.1. The second-order valence-electron chi connectivity index (χ2n) is 13.1. The van der Waals surface area contributed by atoms with Gasteiger partial charge in [-0.25, -0.2) is 4.39 Å². The number of likely N-dealkylation sites (tertiary alicyclic amines) is 1. The van der Waals surface area contributed by atoms with E-state index in [9.17, 15) is 9.18 Å². The lowest BCUT2D eigenvalue weighted by molar-refractivity contribution is -0.147. The third-order valence-electron chi connectivity index (χ3n) is 9.17. The molecule has 6 heteroatoms. The molecule has 1 N–H and O–H groups in total. The van der Waals surface area contributed by atoms with Gasteiger partial charge in [-0.05, 0) is 103 Å². The fourth-order valence-electron chi connectivity index (χ4n) is 6.32. The van der Waals surface area contributed by atoms with Gasteiger partial charge in [-0.15, -0.1) is 0 Å². The van der Waals surface area contributed by atoms with E-state index in [1.165, 1.54) is 44.8 Å². The molecule has 1 aliphatic rings. The molecule has 0 unspecified atom stereocenters. The first-order valence-electron chi connectivity index (χ1n) is 16.6. The highest BCUT2D eigenvalue weighted by Crippen LogP contribution is 2.32. The molecule has 2 aromatic heterocycles. The highest BCUT2D eigenvalue weighted by Gasteiger charge is 2.32. The molecule has 0 atom stereocenters. The van der Waals surface area contributed by atoms with E-state index < -0.39 is 5.97 Å². The second-order valence-corrected chi connectivity index (χ2v) is 13.1. The van der Waals surface area contributed by atoms with Gasteiger partial charge in [-0.2, -0.15) is 0 Å². The largest absolute Gasteiger partial charge is 0.481 e. The molecule has 8 rings (SSSR count). The van der Waals surface area contributed by atoms with Crippen molar-refractivity contribution in [2.75, 3.05) is 13.1 Å². The van der Waals surface area contributed by atoms with Crippen LogP contribution in [-0.4, -0.2) is 29.1 Å². The van der Waals surface area contributed by atoms with Crippen molar-refractivity contribution in [3.8, 4) is 11.3 Å². The minimum absolute atomic E-state index is 0.314. The summed E-state index contributed by atoms with van der Waals surface area (Å²) in [7, 11) is 0. The molecule has 246 valence electrons. The molecule has 7 aromatic rings. The molecule has 1 fully saturated rings. The summed E-state index contributed by atoms with van der Waals surface area (Å²) in [5.74, 6) is -0.913. The Morgan fingerprint density at radius 2 is 1.27 bits per heavy atom. The second kappa shape index (κ2) is 14.0. The van der Waals surface area contributed by atoms with E-state index >= 15 is 0 Å². The fraction of sp³-hybridized carbons (Fsp3) is 0.186. The molecule has 0 spiro atoms. The Balaban J connectivity index is 0.000000186. The Morgan fingerprint density at radius 1 is 0.694 bits per heavy atom. The van der Waals surface area contributed by atoms with Crippen LogP contribution in [0.1, 0.15) is 38.9 Å². The third kappa shape index (κ3) is 7.66. The van der Waals surface area contributed by atoms with Crippen LogP contribution in [0, 0.1) is 25.6 Å². The maximum atomic E-state index is 14.9. The Morgan fingerprint density at radius 3 is 1.88 bits per heavy atom. The number of aryl methyl sites for hydroxylation is 2. The first-order chi connectivity index (χ1) is 23.8. The van der Waals surface area contributed by atoms with Crippen molar-refractivity contribution in [3.05, 3.63) is 166 Å². The number of furan rings is 2. The van der Waals surface area contributed by atoms with E-state index in [1.807, 2.05) is 41.3 Å². The minimum atomic E-state index is -0.769. The van der Waals surface area contributed by atoms with Crippen molar-refractivity contribution < 1.29 is 23.1 Å². The molecule has 0 amide bonds. The summed E-state index contributed by atoms with van der Waals surface area (Å²) < 4.78 is 26.1. The quantitative estimate of drug-likeness (QED) is 0.177. The van der Waals surface area contributed by atoms with Crippen LogP contribution in [-0.2, 0) is 24.2 Å². The van der Waals surface area contributed by atoms with Crippen molar-refractivity contribution >= 4 is 27.9 Å². The Hall–Kier alpha value is -5.46. The number of fused-ring (bicyclic) bond motifs is 2. The average molecular weight is 652 g/mol. The van der Waals surface area contributed by atoms with Gasteiger partial charge in [0.1, 0.15) is 22.7 Å². The third-order valence-corrected chi connectivity index (χ3v) is 9.17. The van der Waals surface area contributed by atoms with E-state index in [2.05, 4.69) is 80.6 Å². The van der Waals surface area contributed by atoms with Crippen LogP contribution in [0.2, 0.25) is 0 Å². The lowest BCUT2D eigenvalue weighted by atomic mass is 9.99. The standard InChI is InChI=1S/C27H24FNO3.C16H14O/c1-17-2-4-18(5-3-17)10-19-7-9-25-21(11-19)13-26(32-25)23-8-6-20(12-24(23)28)14-29-15-22(16-29)27(30)31;1-12-2-4-13(5-3-12)10-14-6-7-16-15(11-14)8-9-17-16/h2-9,11-13,22H,10,14-16H2,1H3,(H,30,31);2-9,11H,10H2,1H3. The van der Waals surface area contributed by atoms with Crippen LogP contribution in [0.25, 0.3) is 33.3 Å². The summed E-state index contributed by atoms with van der Waals surface area (Å²) in [6, 6.07) is 38.7. The molecule has 3 heterocycles. The monoisotopic (exact) mass is 651 g/mol. The van der Waals surface area contributed by atoms with E-state index in [0.717, 1.165) is 35.0 Å². The topological polar surface area (TPSA) is 66.8 Å². The predicted molar refractivity (Wildman–Crippen MR) is 192 cm³/mol. The highest BCUT2D eigenvalue weighted by atomic mass is 19.1. The Bertz CT molecular complexity index is 2220. The van der Waals surface area contributed by atoms with Crippen LogP contribution in [0.5, 0.6) is 0 Å². The summed E-state index contributed by atoms with van der Waals surface area (Å²) in [5, 5.41) is 11.1. The number of benzene rings is 5. The molecule has 1 aliphatic heterocycles. The molecule has 0 saturated carbocycles. The SMILES string of the molecule is Cc1ccc(Cc2ccc3oc(-c4ccc(CN5CC(C(=O)O)C5)cc4F)cc3c2)cc1.Cc1ccc(Cc2ccc3occc3c2)cc1. The van der Waals surface area contributed by atoms with Gasteiger partial charge < -0.3 is 13.9 Å². The number of carboxylic acids is 1. The number of nitrogens with zero attached hydrogens (tertiary/aromatic N) is 1. The van der Waals surface area contributed by atoms with Crippen molar-refractivity contribution in [2.24, 2.45) is 5.92 Å². The smallest absolute Gasteiger partial charge is 0.309 e. The number of hydrogen-bond donors (Lipinski definition) is 1. The lowest BCUT2D eigenvalue weighted by Crippen LogP contribution is -2.49. The number of aliphatic carboxylic acids is 1. The number of rotatable bonds is 8. The van der Waals surface area contributed by atoms with Crippen LogP contribution < -0.4 is 0 Å². The number of hydrogen-bond acceptors (Lipinski definition) is 4. The van der Waals surface area contributed by atoms with E-state index in [4.69, 9.17) is 13.9 Å². The summed E-state index contributed by atoms with van der Waals surface area (Å²) in [6.07, 6.45) is 3.54. The van der Waals surface area contributed by atoms with Gasteiger partial charge in [-0.1, -0.05) is 77.9 Å². The molecular weight excluding hydrogens is 613 g/mol. The van der Waals surface area contributed by atoms with Crippen LogP contribution in [0.3, 0.4) is 0 Å². The van der Waals surface area contributed by atoms with Crippen molar-refractivity contribution in [1.82, 2.24) is 4.90 Å². The van der Waals surface area contributed by atoms with E-state index in [0.29, 0.717) is 31.0 Å². The molecule has 0 radical (unpaired) electrons. The lowest BCUT2D eigenvalue weighted by Gasteiger charge is -2.36. The van der Waals surface area contributed by atoms with Crippen LogP contribution in [0.4, 0.5) is 4.39 Å². The van der Waals surface area contributed by atoms with Crippen molar-refractivity contribution in [1.29, 1.82) is 0 Å². The van der Waals surface area contributed by atoms with E-state index in [1.54, 1.807) is 12.3 Å². The molecule has 49 heavy (non-hydrogen) atoms. The molecule has 0 bridgehead atoms. The van der Waals surface area contributed by atoms with Crippen LogP contribution in [0.15, 0.2) is 130 Å². The molecular formula is C43H38FNO4. The fourth-order valence-corrected chi connectivity index (χ4v) is 6.32. The molecule has 5 nitrogen and oxygen atoms in total. The maximum absolute atomic E-state index is 14.9. The normalized spacial score (nSPS) is 13.3.